The number of rotatable bonds is 6. The van der Waals surface area contributed by atoms with E-state index in [1.165, 1.54) is 11.1 Å². The van der Waals surface area contributed by atoms with E-state index in [-0.39, 0.29) is 11.8 Å². The summed E-state index contributed by atoms with van der Waals surface area (Å²) in [5.74, 6) is 0.463. The zero-order valence-corrected chi connectivity index (χ0v) is 14.3. The molecule has 1 amide bonds. The van der Waals surface area contributed by atoms with E-state index in [0.717, 1.165) is 45.3 Å². The molecular formula is C19H30N2O. The minimum absolute atomic E-state index is 0.202. The molecule has 1 aliphatic heterocycles. The zero-order valence-electron chi connectivity index (χ0n) is 14.3. The Labute approximate surface area is 135 Å². The van der Waals surface area contributed by atoms with Crippen LogP contribution < -0.4 is 5.32 Å². The lowest BCUT2D eigenvalue weighted by Crippen LogP contribution is -2.42. The number of hydrogen-bond donors (Lipinski definition) is 1. The van der Waals surface area contributed by atoms with Gasteiger partial charge >= 0.3 is 0 Å². The fourth-order valence-electron chi connectivity index (χ4n) is 3.17. The van der Waals surface area contributed by atoms with E-state index in [9.17, 15) is 4.79 Å². The van der Waals surface area contributed by atoms with Crippen LogP contribution in [0.15, 0.2) is 24.3 Å². The first-order valence-electron chi connectivity index (χ1n) is 8.66. The van der Waals surface area contributed by atoms with Crippen molar-refractivity contribution in [2.75, 3.05) is 13.1 Å². The van der Waals surface area contributed by atoms with Crippen molar-refractivity contribution in [3.63, 3.8) is 0 Å². The number of carbonyl (C=O) groups excluding carboxylic acids is 1. The Morgan fingerprint density at radius 2 is 1.91 bits per heavy atom. The molecular weight excluding hydrogens is 272 g/mol. The van der Waals surface area contributed by atoms with Crippen LogP contribution in [0.2, 0.25) is 0 Å². The highest BCUT2D eigenvalue weighted by Crippen LogP contribution is 2.19. The van der Waals surface area contributed by atoms with E-state index in [4.69, 9.17) is 0 Å². The van der Waals surface area contributed by atoms with E-state index < -0.39 is 0 Å². The van der Waals surface area contributed by atoms with E-state index in [2.05, 4.69) is 55.3 Å². The molecule has 1 aliphatic rings. The van der Waals surface area contributed by atoms with Crippen LogP contribution in [0.1, 0.15) is 50.7 Å². The Balaban J connectivity index is 1.75. The highest BCUT2D eigenvalue weighted by atomic mass is 16.1. The van der Waals surface area contributed by atoms with E-state index in [1.807, 2.05) is 0 Å². The van der Waals surface area contributed by atoms with Gasteiger partial charge in [0.15, 0.2) is 0 Å². The monoisotopic (exact) mass is 302 g/mol. The van der Waals surface area contributed by atoms with Crippen molar-refractivity contribution in [3.8, 4) is 0 Å². The average Bonchev–Trinajstić information content (AvgIpc) is 2.50. The highest BCUT2D eigenvalue weighted by molar-refractivity contribution is 5.79. The number of piperidine rings is 1. The molecule has 1 heterocycles. The lowest BCUT2D eigenvalue weighted by atomic mass is 9.95. The van der Waals surface area contributed by atoms with Crippen molar-refractivity contribution in [1.82, 2.24) is 10.2 Å². The number of hydrogen-bond acceptors (Lipinski definition) is 2. The van der Waals surface area contributed by atoms with Gasteiger partial charge in [-0.1, -0.05) is 43.2 Å². The van der Waals surface area contributed by atoms with Crippen LogP contribution in [-0.4, -0.2) is 29.9 Å². The number of carbonyl (C=O) groups is 1. The molecule has 0 aromatic heterocycles. The molecule has 0 saturated carbocycles. The minimum Gasteiger partial charge on any atom is -0.353 e. The second-order valence-corrected chi connectivity index (χ2v) is 6.73. The molecule has 1 aromatic rings. The van der Waals surface area contributed by atoms with Crippen molar-refractivity contribution in [2.45, 2.75) is 59.0 Å². The van der Waals surface area contributed by atoms with Crippen LogP contribution >= 0.6 is 0 Å². The van der Waals surface area contributed by atoms with Gasteiger partial charge in [0.05, 0.1) is 0 Å². The number of benzene rings is 1. The Hall–Kier alpha value is -1.35. The summed E-state index contributed by atoms with van der Waals surface area (Å²) in [6.45, 7) is 9.43. The molecule has 0 radical (unpaired) electrons. The maximum atomic E-state index is 12.3. The topological polar surface area (TPSA) is 32.3 Å². The number of nitrogens with one attached hydrogen (secondary N) is 1. The molecule has 0 aliphatic carbocycles. The number of likely N-dealkylation sites (tertiary alicyclic amines) is 1. The molecule has 3 nitrogen and oxygen atoms in total. The largest absolute Gasteiger partial charge is 0.353 e. The molecule has 1 saturated heterocycles. The van der Waals surface area contributed by atoms with Gasteiger partial charge in [-0.25, -0.2) is 0 Å². The highest BCUT2D eigenvalue weighted by Gasteiger charge is 2.25. The second-order valence-electron chi connectivity index (χ2n) is 6.73. The van der Waals surface area contributed by atoms with Gasteiger partial charge in [-0.2, -0.15) is 0 Å². The first kappa shape index (κ1) is 17.0. The third-order valence-electron chi connectivity index (χ3n) is 4.60. The summed E-state index contributed by atoms with van der Waals surface area (Å²) >= 11 is 0. The van der Waals surface area contributed by atoms with Gasteiger partial charge in [-0.3, -0.25) is 9.69 Å². The fraction of sp³-hybridized carbons (Fsp3) is 0.632. The number of aryl methyl sites for hydroxylation is 1. The Morgan fingerprint density at radius 3 is 2.50 bits per heavy atom. The lowest BCUT2D eigenvalue weighted by molar-refractivity contribution is -0.127. The maximum Gasteiger partial charge on any atom is 0.223 e. The summed E-state index contributed by atoms with van der Waals surface area (Å²) in [6, 6.07) is 9.07. The van der Waals surface area contributed by atoms with Gasteiger partial charge in [-0.15, -0.1) is 0 Å². The maximum absolute atomic E-state index is 12.3. The molecule has 22 heavy (non-hydrogen) atoms. The SMILES string of the molecule is CCCC(C)NC(=O)C1CCN(Cc2ccc(C)cc2)CC1. The molecule has 1 unspecified atom stereocenters. The standard InChI is InChI=1S/C19H30N2O/c1-4-5-16(3)20-19(22)18-10-12-21(13-11-18)14-17-8-6-15(2)7-9-17/h6-9,16,18H,4-5,10-14H2,1-3H3,(H,20,22). The summed E-state index contributed by atoms with van der Waals surface area (Å²) in [6.07, 6.45) is 4.15. The van der Waals surface area contributed by atoms with Gasteiger partial charge < -0.3 is 5.32 Å². The van der Waals surface area contributed by atoms with Crippen LogP contribution in [0.25, 0.3) is 0 Å². The molecule has 0 bridgehead atoms. The summed E-state index contributed by atoms with van der Waals surface area (Å²) in [4.78, 5) is 14.7. The van der Waals surface area contributed by atoms with E-state index in [0.29, 0.717) is 6.04 Å². The van der Waals surface area contributed by atoms with Crippen molar-refractivity contribution < 1.29 is 4.79 Å². The van der Waals surface area contributed by atoms with Crippen molar-refractivity contribution in [3.05, 3.63) is 35.4 Å². The van der Waals surface area contributed by atoms with E-state index in [1.54, 1.807) is 0 Å². The molecule has 0 spiro atoms. The van der Waals surface area contributed by atoms with Crippen LogP contribution in [0, 0.1) is 12.8 Å². The Bertz CT molecular complexity index is 461. The van der Waals surface area contributed by atoms with E-state index >= 15 is 0 Å². The first-order valence-corrected chi connectivity index (χ1v) is 8.66. The summed E-state index contributed by atoms with van der Waals surface area (Å²) in [5.41, 5.74) is 2.67. The predicted octanol–water partition coefficient (Wildman–Crippen LogP) is 3.51. The molecule has 2 rings (SSSR count). The minimum atomic E-state index is 0.202. The van der Waals surface area contributed by atoms with Crippen LogP contribution in [0.4, 0.5) is 0 Å². The first-order chi connectivity index (χ1) is 10.6. The van der Waals surface area contributed by atoms with Gasteiger partial charge in [0.1, 0.15) is 0 Å². The molecule has 3 heteroatoms. The Morgan fingerprint density at radius 1 is 1.27 bits per heavy atom. The van der Waals surface area contributed by atoms with Gasteiger partial charge in [0.2, 0.25) is 5.91 Å². The molecule has 122 valence electrons. The van der Waals surface area contributed by atoms with Crippen LogP contribution in [-0.2, 0) is 11.3 Å². The lowest BCUT2D eigenvalue weighted by Gasteiger charge is -2.32. The molecule has 1 aromatic carbocycles. The van der Waals surface area contributed by atoms with Crippen molar-refractivity contribution in [2.24, 2.45) is 5.92 Å². The number of nitrogens with zero attached hydrogens (tertiary/aromatic N) is 1. The van der Waals surface area contributed by atoms with Gasteiger partial charge in [0.25, 0.3) is 0 Å². The fourth-order valence-corrected chi connectivity index (χ4v) is 3.17. The normalized spacial score (nSPS) is 18.1. The van der Waals surface area contributed by atoms with Crippen LogP contribution in [0.3, 0.4) is 0 Å². The Kier molecular flexibility index (Phi) is 6.44. The predicted molar refractivity (Wildman–Crippen MR) is 91.7 cm³/mol. The summed E-state index contributed by atoms with van der Waals surface area (Å²) in [7, 11) is 0. The molecule has 1 N–H and O–H groups in total. The van der Waals surface area contributed by atoms with Crippen LogP contribution in [0.5, 0.6) is 0 Å². The van der Waals surface area contributed by atoms with Gasteiger partial charge in [-0.05, 0) is 51.8 Å². The summed E-state index contributed by atoms with van der Waals surface area (Å²) < 4.78 is 0. The second kappa shape index (κ2) is 8.33. The quantitative estimate of drug-likeness (QED) is 0.872. The summed E-state index contributed by atoms with van der Waals surface area (Å²) in [5, 5.41) is 3.16. The number of amides is 1. The smallest absolute Gasteiger partial charge is 0.223 e. The third kappa shape index (κ3) is 5.13. The molecule has 1 atom stereocenters. The van der Waals surface area contributed by atoms with Crippen molar-refractivity contribution >= 4 is 5.91 Å². The van der Waals surface area contributed by atoms with Crippen molar-refractivity contribution in [1.29, 1.82) is 0 Å². The molecule has 1 fully saturated rings. The van der Waals surface area contributed by atoms with Gasteiger partial charge in [0, 0.05) is 18.5 Å². The zero-order chi connectivity index (χ0) is 15.9. The average molecular weight is 302 g/mol. The third-order valence-corrected chi connectivity index (χ3v) is 4.60.